The molecule has 3 rings (SSSR count). The molecular formula is C20H13BrCl2O3. The molecule has 0 saturated carbocycles. The summed E-state index contributed by atoms with van der Waals surface area (Å²) in [5.41, 5.74) is 0.596. The molecule has 1 aromatic heterocycles. The molecular weight excluding hydrogens is 439 g/mol. The molecule has 0 spiro atoms. The molecule has 6 heteroatoms. The van der Waals surface area contributed by atoms with Crippen LogP contribution in [0.1, 0.15) is 21.9 Å². The van der Waals surface area contributed by atoms with Crippen LogP contribution in [0.15, 0.2) is 69.6 Å². The van der Waals surface area contributed by atoms with Gasteiger partial charge in [-0.05, 0) is 48.6 Å². The van der Waals surface area contributed by atoms with Gasteiger partial charge in [-0.3, -0.25) is 4.79 Å². The molecule has 26 heavy (non-hydrogen) atoms. The molecule has 0 amide bonds. The fourth-order valence-corrected chi connectivity index (χ4v) is 3.13. The Morgan fingerprint density at radius 2 is 1.81 bits per heavy atom. The third-order valence-electron chi connectivity index (χ3n) is 3.47. The molecule has 3 nitrogen and oxygen atoms in total. The number of halogens is 3. The number of allylic oxidation sites excluding steroid dienone is 1. The Bertz CT molecular complexity index is 943. The van der Waals surface area contributed by atoms with Gasteiger partial charge in [0.25, 0.3) is 0 Å². The number of hydrogen-bond acceptors (Lipinski definition) is 3. The van der Waals surface area contributed by atoms with E-state index in [1.807, 2.05) is 12.1 Å². The van der Waals surface area contributed by atoms with Crippen LogP contribution in [0, 0.1) is 0 Å². The van der Waals surface area contributed by atoms with E-state index in [1.165, 1.54) is 6.08 Å². The minimum atomic E-state index is -0.108. The molecule has 2 aromatic carbocycles. The van der Waals surface area contributed by atoms with E-state index < -0.39 is 0 Å². The fraction of sp³-hybridized carbons (Fsp3) is 0.0500. The van der Waals surface area contributed by atoms with Gasteiger partial charge in [-0.2, -0.15) is 0 Å². The van der Waals surface area contributed by atoms with Crippen molar-refractivity contribution in [3.05, 3.63) is 92.3 Å². The monoisotopic (exact) mass is 450 g/mol. The quantitative estimate of drug-likeness (QED) is 0.304. The number of hydrogen-bond donors (Lipinski definition) is 0. The van der Waals surface area contributed by atoms with E-state index in [2.05, 4.69) is 15.9 Å². The van der Waals surface area contributed by atoms with E-state index in [4.69, 9.17) is 32.4 Å². The third kappa shape index (κ3) is 4.79. The van der Waals surface area contributed by atoms with Crippen molar-refractivity contribution in [2.45, 2.75) is 6.61 Å². The summed E-state index contributed by atoms with van der Waals surface area (Å²) in [6.07, 6.45) is 3.09. The molecule has 132 valence electrons. The highest BCUT2D eigenvalue weighted by Crippen LogP contribution is 2.33. The predicted octanol–water partition coefficient (Wildman–Crippen LogP) is 6.82. The smallest absolute Gasteiger partial charge is 0.186 e. The second-order valence-electron chi connectivity index (χ2n) is 5.35. The van der Waals surface area contributed by atoms with Crippen LogP contribution in [-0.2, 0) is 6.61 Å². The molecule has 0 saturated heterocycles. The second kappa shape index (κ2) is 8.58. The molecule has 0 atom stereocenters. The zero-order chi connectivity index (χ0) is 18.5. The summed E-state index contributed by atoms with van der Waals surface area (Å²) in [6, 6.07) is 15.9. The number of ether oxygens (including phenoxy) is 1. The molecule has 0 aliphatic heterocycles. The van der Waals surface area contributed by atoms with Gasteiger partial charge in [0.2, 0.25) is 0 Å². The first-order valence-corrected chi connectivity index (χ1v) is 9.21. The number of carbonyl (C=O) groups is 1. The molecule has 0 fully saturated rings. The highest BCUT2D eigenvalue weighted by molar-refractivity contribution is 9.10. The van der Waals surface area contributed by atoms with Crippen LogP contribution < -0.4 is 4.74 Å². The topological polar surface area (TPSA) is 39.4 Å². The molecule has 3 aromatic rings. The zero-order valence-corrected chi connectivity index (χ0v) is 16.5. The largest absolute Gasteiger partial charge is 0.483 e. The maximum atomic E-state index is 12.2. The summed E-state index contributed by atoms with van der Waals surface area (Å²) < 4.78 is 12.1. The van der Waals surface area contributed by atoms with Crippen molar-refractivity contribution in [3.8, 4) is 5.75 Å². The summed E-state index contributed by atoms with van der Waals surface area (Å²) in [7, 11) is 0. The van der Waals surface area contributed by atoms with Crippen LogP contribution in [-0.4, -0.2) is 5.78 Å². The molecule has 1 heterocycles. The summed E-state index contributed by atoms with van der Waals surface area (Å²) in [5.74, 6) is 1.45. The van der Waals surface area contributed by atoms with Crippen molar-refractivity contribution in [2.75, 3.05) is 0 Å². The van der Waals surface area contributed by atoms with Gasteiger partial charge < -0.3 is 9.15 Å². The first-order valence-electron chi connectivity index (χ1n) is 7.66. The van der Waals surface area contributed by atoms with E-state index in [9.17, 15) is 4.79 Å². The van der Waals surface area contributed by atoms with E-state index in [0.717, 1.165) is 4.47 Å². The summed E-state index contributed by atoms with van der Waals surface area (Å²) >= 11 is 15.5. The van der Waals surface area contributed by atoms with Gasteiger partial charge in [-0.25, -0.2) is 0 Å². The van der Waals surface area contributed by atoms with E-state index in [-0.39, 0.29) is 12.4 Å². The Kier molecular flexibility index (Phi) is 6.20. The summed E-state index contributed by atoms with van der Waals surface area (Å²) in [4.78, 5) is 12.2. The van der Waals surface area contributed by atoms with Crippen LogP contribution in [0.3, 0.4) is 0 Å². The Morgan fingerprint density at radius 1 is 1.08 bits per heavy atom. The van der Waals surface area contributed by atoms with Crippen molar-refractivity contribution < 1.29 is 13.9 Å². The Labute approximate surface area is 169 Å². The third-order valence-corrected chi connectivity index (χ3v) is 4.56. The molecule has 0 unspecified atom stereocenters. The van der Waals surface area contributed by atoms with Crippen LogP contribution in [0.2, 0.25) is 10.0 Å². The maximum absolute atomic E-state index is 12.2. The van der Waals surface area contributed by atoms with Crippen LogP contribution in [0.25, 0.3) is 6.08 Å². The van der Waals surface area contributed by atoms with Gasteiger partial charge in [0.15, 0.2) is 11.5 Å². The van der Waals surface area contributed by atoms with E-state index >= 15 is 0 Å². The Balaban J connectivity index is 1.64. The molecule has 0 aliphatic rings. The first kappa shape index (κ1) is 18.8. The van der Waals surface area contributed by atoms with Gasteiger partial charge >= 0.3 is 0 Å². The van der Waals surface area contributed by atoms with Crippen molar-refractivity contribution in [3.63, 3.8) is 0 Å². The standard InChI is InChI=1S/C20H13BrCl2O3/c21-14-4-1-3-13(11-14)19(24)10-9-15-7-8-16(26-15)12-25-20-17(22)5-2-6-18(20)23/h1-11H,12H2/b10-9+. The number of carbonyl (C=O) groups excluding carboxylic acids is 1. The molecule has 0 radical (unpaired) electrons. The SMILES string of the molecule is O=C(/C=C/c1ccc(COc2c(Cl)cccc2Cl)o1)c1cccc(Br)c1. The van der Waals surface area contributed by atoms with Crippen molar-refractivity contribution in [1.82, 2.24) is 0 Å². The highest BCUT2D eigenvalue weighted by Gasteiger charge is 2.09. The normalized spacial score (nSPS) is 11.0. The Hall–Kier alpha value is -2.01. The van der Waals surface area contributed by atoms with Gasteiger partial charge in [-0.15, -0.1) is 0 Å². The van der Waals surface area contributed by atoms with E-state index in [0.29, 0.717) is 32.9 Å². The number of ketones is 1. The highest BCUT2D eigenvalue weighted by atomic mass is 79.9. The first-order chi connectivity index (χ1) is 12.5. The number of furan rings is 1. The predicted molar refractivity (Wildman–Crippen MR) is 107 cm³/mol. The zero-order valence-electron chi connectivity index (χ0n) is 13.4. The van der Waals surface area contributed by atoms with Crippen molar-refractivity contribution in [1.29, 1.82) is 0 Å². The second-order valence-corrected chi connectivity index (χ2v) is 7.08. The lowest BCUT2D eigenvalue weighted by molar-refractivity contribution is 0.104. The van der Waals surface area contributed by atoms with E-state index in [1.54, 1.807) is 48.5 Å². The molecule has 0 aliphatic carbocycles. The number of para-hydroxylation sites is 1. The number of rotatable bonds is 6. The van der Waals surface area contributed by atoms with Crippen LogP contribution in [0.4, 0.5) is 0 Å². The number of benzene rings is 2. The van der Waals surface area contributed by atoms with Gasteiger partial charge in [-0.1, -0.05) is 57.3 Å². The van der Waals surface area contributed by atoms with Gasteiger partial charge in [0, 0.05) is 10.0 Å². The van der Waals surface area contributed by atoms with Gasteiger partial charge in [0.1, 0.15) is 18.1 Å². The summed E-state index contributed by atoms with van der Waals surface area (Å²) in [5, 5.41) is 0.868. The molecule has 0 N–H and O–H groups in total. The van der Waals surface area contributed by atoms with Crippen LogP contribution in [0.5, 0.6) is 5.75 Å². The minimum Gasteiger partial charge on any atom is -0.483 e. The fourth-order valence-electron chi connectivity index (χ4n) is 2.22. The van der Waals surface area contributed by atoms with Crippen LogP contribution >= 0.6 is 39.1 Å². The molecule has 0 bridgehead atoms. The minimum absolute atomic E-state index is 0.108. The lowest BCUT2D eigenvalue weighted by Crippen LogP contribution is -1.95. The summed E-state index contributed by atoms with van der Waals surface area (Å²) in [6.45, 7) is 0.177. The average molecular weight is 452 g/mol. The average Bonchev–Trinajstić information content (AvgIpc) is 3.07. The lowest BCUT2D eigenvalue weighted by Gasteiger charge is -2.07. The van der Waals surface area contributed by atoms with Crippen molar-refractivity contribution in [2.24, 2.45) is 0 Å². The Morgan fingerprint density at radius 3 is 2.54 bits per heavy atom. The lowest BCUT2D eigenvalue weighted by atomic mass is 10.1. The van der Waals surface area contributed by atoms with Gasteiger partial charge in [0.05, 0.1) is 10.0 Å². The maximum Gasteiger partial charge on any atom is 0.186 e. The van der Waals surface area contributed by atoms with Crippen molar-refractivity contribution >= 4 is 51.0 Å².